The van der Waals surface area contributed by atoms with Gasteiger partial charge in [0.1, 0.15) is 0 Å². The van der Waals surface area contributed by atoms with E-state index in [4.69, 9.17) is 9.47 Å². The van der Waals surface area contributed by atoms with Crippen LogP contribution in [0.3, 0.4) is 0 Å². The molecule has 0 N–H and O–H groups in total. The maximum Gasteiger partial charge on any atom is 0.331 e. The fraction of sp³-hybridized carbons (Fsp3) is 0.182. The van der Waals surface area contributed by atoms with E-state index in [0.29, 0.717) is 11.1 Å². The molecule has 2 rings (SSSR count). The molecule has 0 saturated heterocycles. The fourth-order valence-electron chi connectivity index (χ4n) is 2.34. The summed E-state index contributed by atoms with van der Waals surface area (Å²) in [5, 5.41) is 0. The van der Waals surface area contributed by atoms with Crippen LogP contribution in [0.4, 0.5) is 0 Å². The summed E-state index contributed by atoms with van der Waals surface area (Å²) in [6.07, 6.45) is -0.295. The van der Waals surface area contributed by atoms with Crippen molar-refractivity contribution in [2.24, 2.45) is 0 Å². The molecule has 0 aliphatic carbocycles. The number of carbonyl (C=O) groups excluding carboxylic acids is 4. The minimum Gasteiger partial charge on any atom is -0.451 e. The highest BCUT2D eigenvalue weighted by molar-refractivity contribution is 6.02. The molecular formula is C22H20O6. The van der Waals surface area contributed by atoms with Gasteiger partial charge in [0.2, 0.25) is 11.6 Å². The summed E-state index contributed by atoms with van der Waals surface area (Å²) < 4.78 is 9.98. The minimum absolute atomic E-state index is 0.355. The first-order valence-corrected chi connectivity index (χ1v) is 8.66. The Morgan fingerprint density at radius 2 is 0.964 bits per heavy atom. The highest BCUT2D eigenvalue weighted by atomic mass is 16.6. The minimum atomic E-state index is -1.01. The van der Waals surface area contributed by atoms with Gasteiger partial charge in [-0.15, -0.1) is 0 Å². The Hall–Kier alpha value is -3.54. The summed E-state index contributed by atoms with van der Waals surface area (Å²) in [6.45, 7) is 2.89. The van der Waals surface area contributed by atoms with E-state index in [1.807, 2.05) is 0 Å². The summed E-state index contributed by atoms with van der Waals surface area (Å²) in [5.74, 6) is -2.44. The molecule has 2 aromatic carbocycles. The number of esters is 2. The number of hydrogen-bond acceptors (Lipinski definition) is 6. The zero-order valence-electron chi connectivity index (χ0n) is 15.5. The van der Waals surface area contributed by atoms with Crippen LogP contribution in [-0.2, 0) is 19.1 Å². The molecule has 2 atom stereocenters. The van der Waals surface area contributed by atoms with E-state index in [2.05, 4.69) is 0 Å². The molecule has 6 nitrogen and oxygen atoms in total. The van der Waals surface area contributed by atoms with Crippen LogP contribution in [0.5, 0.6) is 0 Å². The van der Waals surface area contributed by atoms with E-state index in [1.165, 1.54) is 13.8 Å². The van der Waals surface area contributed by atoms with Crippen molar-refractivity contribution < 1.29 is 28.7 Å². The molecule has 0 heterocycles. The molecule has 0 aromatic heterocycles. The molecule has 0 fully saturated rings. The molecule has 0 saturated carbocycles. The van der Waals surface area contributed by atoms with E-state index in [-0.39, 0.29) is 11.6 Å². The normalized spacial score (nSPS) is 12.8. The van der Waals surface area contributed by atoms with E-state index in [1.54, 1.807) is 60.7 Å². The summed E-state index contributed by atoms with van der Waals surface area (Å²) >= 11 is 0. The summed E-state index contributed by atoms with van der Waals surface area (Å²) in [6, 6.07) is 16.8. The van der Waals surface area contributed by atoms with Gasteiger partial charge in [0.25, 0.3) is 0 Å². The van der Waals surface area contributed by atoms with Crippen LogP contribution in [0, 0.1) is 0 Å². The van der Waals surface area contributed by atoms with Crippen molar-refractivity contribution in [3.8, 4) is 0 Å². The monoisotopic (exact) mass is 380 g/mol. The summed E-state index contributed by atoms with van der Waals surface area (Å²) in [7, 11) is 0. The number of Topliss-reactive ketones (excluding diaryl/α,β-unsaturated/α-hetero) is 2. The number of carbonyl (C=O) groups is 4. The third-order valence-corrected chi connectivity index (χ3v) is 3.80. The largest absolute Gasteiger partial charge is 0.451 e. The van der Waals surface area contributed by atoms with Gasteiger partial charge < -0.3 is 9.47 Å². The molecular weight excluding hydrogens is 360 g/mol. The van der Waals surface area contributed by atoms with E-state index in [9.17, 15) is 19.2 Å². The molecule has 0 aliphatic rings. The number of rotatable bonds is 8. The molecule has 6 heteroatoms. The Balaban J connectivity index is 1.85. The van der Waals surface area contributed by atoms with Crippen LogP contribution in [0.15, 0.2) is 72.8 Å². The molecule has 0 amide bonds. The van der Waals surface area contributed by atoms with Gasteiger partial charge in [-0.25, -0.2) is 9.59 Å². The highest BCUT2D eigenvalue weighted by Gasteiger charge is 2.20. The van der Waals surface area contributed by atoms with Crippen LogP contribution in [0.2, 0.25) is 0 Å². The molecule has 0 aliphatic heterocycles. The standard InChI is InChI=1S/C22H20O6/c1-15(21(25)17-9-5-3-6-10-17)27-19(23)13-14-20(24)28-16(2)22(26)18-11-7-4-8-12-18/h3-16H,1-2H3/b14-13+. The maximum absolute atomic E-state index is 12.1. The Morgan fingerprint density at radius 1 is 0.643 bits per heavy atom. The maximum atomic E-state index is 12.1. The second kappa shape index (κ2) is 9.97. The lowest BCUT2D eigenvalue weighted by Gasteiger charge is -2.11. The molecule has 144 valence electrons. The van der Waals surface area contributed by atoms with Gasteiger partial charge in [-0.1, -0.05) is 60.7 Å². The topological polar surface area (TPSA) is 86.7 Å². The number of ether oxygens (including phenoxy) is 2. The first-order chi connectivity index (χ1) is 13.4. The predicted molar refractivity (Wildman–Crippen MR) is 102 cm³/mol. The van der Waals surface area contributed by atoms with E-state index in [0.717, 1.165) is 12.2 Å². The Bertz CT molecular complexity index is 797. The zero-order chi connectivity index (χ0) is 20.5. The molecule has 0 spiro atoms. The first-order valence-electron chi connectivity index (χ1n) is 8.66. The van der Waals surface area contributed by atoms with E-state index < -0.39 is 24.1 Å². The van der Waals surface area contributed by atoms with Gasteiger partial charge in [0.05, 0.1) is 0 Å². The highest BCUT2D eigenvalue weighted by Crippen LogP contribution is 2.08. The second-order valence-corrected chi connectivity index (χ2v) is 5.95. The van der Waals surface area contributed by atoms with Crippen LogP contribution < -0.4 is 0 Å². The fourth-order valence-corrected chi connectivity index (χ4v) is 2.34. The average Bonchev–Trinajstić information content (AvgIpc) is 2.72. The third kappa shape index (κ3) is 6.02. The van der Waals surface area contributed by atoms with Crippen LogP contribution in [0.1, 0.15) is 34.6 Å². The lowest BCUT2D eigenvalue weighted by molar-refractivity contribution is -0.143. The zero-order valence-corrected chi connectivity index (χ0v) is 15.5. The lowest BCUT2D eigenvalue weighted by atomic mass is 10.1. The van der Waals surface area contributed by atoms with Crippen molar-refractivity contribution >= 4 is 23.5 Å². The van der Waals surface area contributed by atoms with Gasteiger partial charge >= 0.3 is 11.9 Å². The first kappa shape index (κ1) is 20.8. The Morgan fingerprint density at radius 3 is 1.29 bits per heavy atom. The van der Waals surface area contributed by atoms with Crippen molar-refractivity contribution in [3.05, 3.63) is 83.9 Å². The van der Waals surface area contributed by atoms with Gasteiger partial charge in [0, 0.05) is 23.3 Å². The van der Waals surface area contributed by atoms with Crippen molar-refractivity contribution in [1.82, 2.24) is 0 Å². The number of benzene rings is 2. The predicted octanol–water partition coefficient (Wildman–Crippen LogP) is 3.17. The van der Waals surface area contributed by atoms with Gasteiger partial charge in [0.15, 0.2) is 12.2 Å². The molecule has 0 bridgehead atoms. The SMILES string of the molecule is CC(OC(=O)/C=C/C(=O)OC(C)C(=O)c1ccccc1)C(=O)c1ccccc1. The third-order valence-electron chi connectivity index (χ3n) is 3.80. The second-order valence-electron chi connectivity index (χ2n) is 5.95. The van der Waals surface area contributed by atoms with Crippen LogP contribution >= 0.6 is 0 Å². The number of hydrogen-bond donors (Lipinski definition) is 0. The molecule has 2 unspecified atom stereocenters. The van der Waals surface area contributed by atoms with Gasteiger partial charge in [-0.05, 0) is 13.8 Å². The van der Waals surface area contributed by atoms with Crippen molar-refractivity contribution in [1.29, 1.82) is 0 Å². The molecule has 0 radical (unpaired) electrons. The van der Waals surface area contributed by atoms with Crippen molar-refractivity contribution in [3.63, 3.8) is 0 Å². The molecule has 28 heavy (non-hydrogen) atoms. The summed E-state index contributed by atoms with van der Waals surface area (Å²) in [5.41, 5.74) is 0.832. The molecule has 2 aromatic rings. The lowest BCUT2D eigenvalue weighted by Crippen LogP contribution is -2.24. The Labute approximate surface area is 162 Å². The van der Waals surface area contributed by atoms with Gasteiger partial charge in [-0.2, -0.15) is 0 Å². The van der Waals surface area contributed by atoms with E-state index >= 15 is 0 Å². The van der Waals surface area contributed by atoms with Crippen molar-refractivity contribution in [2.75, 3.05) is 0 Å². The van der Waals surface area contributed by atoms with Crippen molar-refractivity contribution in [2.45, 2.75) is 26.1 Å². The van der Waals surface area contributed by atoms with Gasteiger partial charge in [-0.3, -0.25) is 9.59 Å². The Kier molecular flexibility index (Phi) is 7.39. The average molecular weight is 380 g/mol. The van der Waals surface area contributed by atoms with Crippen LogP contribution in [-0.4, -0.2) is 35.7 Å². The quantitative estimate of drug-likeness (QED) is 0.397. The smallest absolute Gasteiger partial charge is 0.331 e. The summed E-state index contributed by atoms with van der Waals surface area (Å²) in [4.78, 5) is 47.9. The van der Waals surface area contributed by atoms with Crippen LogP contribution in [0.25, 0.3) is 0 Å². The number of ketones is 2.